The highest BCUT2D eigenvalue weighted by Gasteiger charge is 2.21. The maximum atomic E-state index is 12.5. The minimum atomic E-state index is -0.326. The summed E-state index contributed by atoms with van der Waals surface area (Å²) in [5.41, 5.74) is 8.15. The maximum absolute atomic E-state index is 12.5. The van der Waals surface area contributed by atoms with Crippen LogP contribution in [-0.2, 0) is 0 Å². The van der Waals surface area contributed by atoms with Crippen LogP contribution in [0.3, 0.4) is 0 Å². The summed E-state index contributed by atoms with van der Waals surface area (Å²) in [5, 5.41) is 2.80. The Hall–Kier alpha value is -3.81. The summed E-state index contributed by atoms with van der Waals surface area (Å²) < 4.78 is 5.31. The highest BCUT2D eigenvalue weighted by Crippen LogP contribution is 2.23. The molecule has 1 aliphatic heterocycles. The number of rotatable bonds is 5. The van der Waals surface area contributed by atoms with Crippen LogP contribution in [0.2, 0.25) is 0 Å². The molecule has 0 atom stereocenters. The van der Waals surface area contributed by atoms with E-state index in [1.54, 1.807) is 7.11 Å². The van der Waals surface area contributed by atoms with Crippen molar-refractivity contribution in [3.63, 3.8) is 0 Å². The van der Waals surface area contributed by atoms with Gasteiger partial charge >= 0.3 is 0 Å². The summed E-state index contributed by atoms with van der Waals surface area (Å²) in [6, 6.07) is 17.2. The van der Waals surface area contributed by atoms with Crippen molar-refractivity contribution in [1.29, 1.82) is 0 Å². The summed E-state index contributed by atoms with van der Waals surface area (Å²) in [5.74, 6) is 1.22. The van der Waals surface area contributed by atoms with Gasteiger partial charge in [-0.15, -0.1) is 0 Å². The molecule has 1 fully saturated rings. The van der Waals surface area contributed by atoms with E-state index >= 15 is 0 Å². The highest BCUT2D eigenvalue weighted by molar-refractivity contribution is 6.07. The molecule has 3 aromatic rings. The Morgan fingerprint density at radius 3 is 2.47 bits per heavy atom. The van der Waals surface area contributed by atoms with Gasteiger partial charge in [-0.05, 0) is 24.3 Å². The molecule has 0 unspecified atom stereocenters. The lowest BCUT2D eigenvalue weighted by Crippen LogP contribution is -2.47. The van der Waals surface area contributed by atoms with E-state index in [0.29, 0.717) is 11.6 Å². The average Bonchev–Trinajstić information content (AvgIpc) is 2.79. The molecule has 1 saturated heterocycles. The van der Waals surface area contributed by atoms with Gasteiger partial charge in [0.25, 0.3) is 5.91 Å². The Balaban J connectivity index is 1.40. The van der Waals surface area contributed by atoms with Crippen LogP contribution in [-0.4, -0.2) is 49.2 Å². The van der Waals surface area contributed by atoms with Crippen LogP contribution in [0.25, 0.3) is 0 Å². The molecular formula is C22H24N6O2. The van der Waals surface area contributed by atoms with Crippen LogP contribution in [0.15, 0.2) is 60.8 Å². The van der Waals surface area contributed by atoms with E-state index in [1.807, 2.05) is 48.5 Å². The van der Waals surface area contributed by atoms with Crippen molar-refractivity contribution in [2.45, 2.75) is 0 Å². The van der Waals surface area contributed by atoms with Gasteiger partial charge in [0.1, 0.15) is 17.1 Å². The van der Waals surface area contributed by atoms with Crippen molar-refractivity contribution in [2.24, 2.45) is 0 Å². The van der Waals surface area contributed by atoms with Crippen LogP contribution in [0.5, 0.6) is 5.75 Å². The molecule has 2 aromatic carbocycles. The number of benzene rings is 2. The number of carbonyl (C=O) groups excluding carboxylic acids is 1. The summed E-state index contributed by atoms with van der Waals surface area (Å²) >= 11 is 0. The molecule has 0 saturated carbocycles. The number of nitrogens with zero attached hydrogens (tertiary/aromatic N) is 4. The van der Waals surface area contributed by atoms with Crippen molar-refractivity contribution in [2.75, 3.05) is 54.1 Å². The number of nitrogens with one attached hydrogen (secondary N) is 1. The van der Waals surface area contributed by atoms with Crippen LogP contribution >= 0.6 is 0 Å². The largest absolute Gasteiger partial charge is 0.497 e. The lowest BCUT2D eigenvalue weighted by molar-refractivity contribution is 0.102. The second-order valence-corrected chi connectivity index (χ2v) is 6.96. The van der Waals surface area contributed by atoms with Gasteiger partial charge in [-0.25, -0.2) is 4.98 Å². The van der Waals surface area contributed by atoms with Crippen LogP contribution in [0, 0.1) is 0 Å². The molecule has 0 aliphatic carbocycles. The highest BCUT2D eigenvalue weighted by atomic mass is 16.5. The fraction of sp³-hybridized carbons (Fsp3) is 0.227. The van der Waals surface area contributed by atoms with E-state index < -0.39 is 0 Å². The Bertz CT molecular complexity index is 1020. The molecule has 8 heteroatoms. The topological polar surface area (TPSA) is 96.6 Å². The van der Waals surface area contributed by atoms with Crippen LogP contribution in [0.1, 0.15) is 10.4 Å². The standard InChI is InChI=1S/C22H24N6O2/c1-30-18-9-5-8-17(14-18)27-10-12-28(13-11-27)22-24-15-19(20(23)26-22)21(29)25-16-6-3-2-4-7-16/h2-9,14-15H,10-13H2,1H3,(H,25,29)(H2,23,24,26). The van der Waals surface area contributed by atoms with Gasteiger partial charge in [0.05, 0.1) is 7.11 Å². The minimum absolute atomic E-state index is 0.170. The number of ether oxygens (including phenoxy) is 1. The van der Waals surface area contributed by atoms with E-state index in [0.717, 1.165) is 37.6 Å². The predicted molar refractivity (Wildman–Crippen MR) is 118 cm³/mol. The monoisotopic (exact) mass is 404 g/mol. The second-order valence-electron chi connectivity index (χ2n) is 6.96. The molecule has 0 bridgehead atoms. The SMILES string of the molecule is COc1cccc(N2CCN(c3ncc(C(=O)Nc4ccccc4)c(N)n3)CC2)c1. The zero-order chi connectivity index (χ0) is 20.9. The van der Waals surface area contributed by atoms with Gasteiger partial charge in [0, 0.05) is 49.8 Å². The van der Waals surface area contributed by atoms with Crippen molar-refractivity contribution < 1.29 is 9.53 Å². The number of amides is 1. The fourth-order valence-corrected chi connectivity index (χ4v) is 3.40. The van der Waals surface area contributed by atoms with Crippen molar-refractivity contribution in [1.82, 2.24) is 9.97 Å². The number of nitrogen functional groups attached to an aromatic ring is 1. The number of hydrogen-bond donors (Lipinski definition) is 2. The van der Waals surface area contributed by atoms with E-state index in [2.05, 4.69) is 31.2 Å². The number of hydrogen-bond acceptors (Lipinski definition) is 7. The Morgan fingerprint density at radius 2 is 1.77 bits per heavy atom. The molecule has 1 amide bonds. The lowest BCUT2D eigenvalue weighted by atomic mass is 10.2. The molecule has 0 spiro atoms. The number of carbonyl (C=O) groups is 1. The van der Waals surface area contributed by atoms with E-state index in [9.17, 15) is 4.79 Å². The van der Waals surface area contributed by atoms with E-state index in [4.69, 9.17) is 10.5 Å². The molecule has 30 heavy (non-hydrogen) atoms. The molecule has 0 radical (unpaired) electrons. The third kappa shape index (κ3) is 4.27. The van der Waals surface area contributed by atoms with Crippen molar-refractivity contribution in [3.05, 3.63) is 66.4 Å². The summed E-state index contributed by atoms with van der Waals surface area (Å²) in [6.45, 7) is 3.16. The normalized spacial score (nSPS) is 13.8. The number of methoxy groups -OCH3 is 1. The number of para-hydroxylation sites is 1. The number of nitrogens with two attached hydrogens (primary N) is 1. The minimum Gasteiger partial charge on any atom is -0.497 e. The van der Waals surface area contributed by atoms with Crippen molar-refractivity contribution in [3.8, 4) is 5.75 Å². The average molecular weight is 404 g/mol. The first-order chi connectivity index (χ1) is 14.6. The first-order valence-electron chi connectivity index (χ1n) is 9.77. The zero-order valence-electron chi connectivity index (χ0n) is 16.8. The Morgan fingerprint density at radius 1 is 1.03 bits per heavy atom. The third-order valence-corrected chi connectivity index (χ3v) is 5.06. The molecule has 3 N–H and O–H groups in total. The Labute approximate surface area is 175 Å². The molecule has 2 heterocycles. The number of piperazine rings is 1. The fourth-order valence-electron chi connectivity index (χ4n) is 3.40. The molecular weight excluding hydrogens is 380 g/mol. The van der Waals surface area contributed by atoms with Gasteiger partial charge in [-0.2, -0.15) is 4.98 Å². The first-order valence-corrected chi connectivity index (χ1v) is 9.77. The van der Waals surface area contributed by atoms with E-state index in [-0.39, 0.29) is 17.3 Å². The molecule has 154 valence electrons. The summed E-state index contributed by atoms with van der Waals surface area (Å²) in [7, 11) is 1.67. The molecule has 1 aromatic heterocycles. The lowest BCUT2D eigenvalue weighted by Gasteiger charge is -2.36. The summed E-state index contributed by atoms with van der Waals surface area (Å²) in [6.07, 6.45) is 1.49. The predicted octanol–water partition coefficient (Wildman–Crippen LogP) is 2.65. The zero-order valence-corrected chi connectivity index (χ0v) is 16.8. The summed E-state index contributed by atoms with van der Waals surface area (Å²) in [4.78, 5) is 25.6. The number of aromatic nitrogens is 2. The second kappa shape index (κ2) is 8.69. The van der Waals surface area contributed by atoms with Crippen LogP contribution in [0.4, 0.5) is 23.1 Å². The van der Waals surface area contributed by atoms with Gasteiger partial charge in [-0.1, -0.05) is 24.3 Å². The Kier molecular flexibility index (Phi) is 5.65. The smallest absolute Gasteiger partial charge is 0.260 e. The maximum Gasteiger partial charge on any atom is 0.260 e. The van der Waals surface area contributed by atoms with Crippen molar-refractivity contribution >= 4 is 29.0 Å². The van der Waals surface area contributed by atoms with Crippen LogP contribution < -0.4 is 25.6 Å². The third-order valence-electron chi connectivity index (χ3n) is 5.06. The van der Waals surface area contributed by atoms with Gasteiger partial charge < -0.3 is 25.6 Å². The first kappa shape index (κ1) is 19.5. The quantitative estimate of drug-likeness (QED) is 0.675. The van der Waals surface area contributed by atoms with Gasteiger partial charge in [0.2, 0.25) is 5.95 Å². The molecule has 1 aliphatic rings. The van der Waals surface area contributed by atoms with Gasteiger partial charge in [-0.3, -0.25) is 4.79 Å². The number of anilines is 4. The van der Waals surface area contributed by atoms with E-state index in [1.165, 1.54) is 6.20 Å². The van der Waals surface area contributed by atoms with Gasteiger partial charge in [0.15, 0.2) is 0 Å². The molecule has 4 rings (SSSR count). The molecule has 8 nitrogen and oxygen atoms in total.